The standard InChI is InChI=1S/C15H15F2NS2/c16-11-2-1-3-12(17)10(11)7-13(18)15-6-9-8-19-5-4-14(9)20-15/h1-3,6,13H,4-5,7-8,18H2. The van der Waals surface area contributed by atoms with Crippen molar-refractivity contribution in [3.63, 3.8) is 0 Å². The second-order valence-corrected chi connectivity index (χ2v) is 7.18. The summed E-state index contributed by atoms with van der Waals surface area (Å²) in [5, 5.41) is 0. The van der Waals surface area contributed by atoms with Gasteiger partial charge in [-0.1, -0.05) is 6.07 Å². The molecule has 0 saturated heterocycles. The Morgan fingerprint density at radius 2 is 2.00 bits per heavy atom. The normalized spacial score (nSPS) is 15.9. The van der Waals surface area contributed by atoms with Gasteiger partial charge in [-0.05, 0) is 42.4 Å². The number of rotatable bonds is 3. The lowest BCUT2D eigenvalue weighted by molar-refractivity contribution is 0.541. The zero-order valence-corrected chi connectivity index (χ0v) is 12.5. The van der Waals surface area contributed by atoms with Gasteiger partial charge < -0.3 is 5.73 Å². The van der Waals surface area contributed by atoms with Gasteiger partial charge >= 0.3 is 0 Å². The van der Waals surface area contributed by atoms with Crippen LogP contribution in [0.3, 0.4) is 0 Å². The summed E-state index contributed by atoms with van der Waals surface area (Å²) in [6, 6.07) is 5.70. The van der Waals surface area contributed by atoms with Crippen LogP contribution in [0.4, 0.5) is 8.78 Å². The number of nitrogens with two attached hydrogens (primary N) is 1. The summed E-state index contributed by atoms with van der Waals surface area (Å²) in [7, 11) is 0. The van der Waals surface area contributed by atoms with Gasteiger partial charge in [0, 0.05) is 27.1 Å². The van der Waals surface area contributed by atoms with E-state index in [2.05, 4.69) is 6.07 Å². The van der Waals surface area contributed by atoms with Crippen LogP contribution in [-0.2, 0) is 18.6 Å². The lowest BCUT2D eigenvalue weighted by atomic mass is 10.0. The SMILES string of the molecule is NC(Cc1c(F)cccc1F)c1cc2c(s1)CCSC2. The number of aryl methyl sites for hydroxylation is 1. The van der Waals surface area contributed by atoms with Crippen molar-refractivity contribution in [2.45, 2.75) is 24.6 Å². The fourth-order valence-corrected chi connectivity index (χ4v) is 4.78. The minimum absolute atomic E-state index is 0.0840. The Morgan fingerprint density at radius 3 is 2.70 bits per heavy atom. The first-order chi connectivity index (χ1) is 9.65. The second-order valence-electron chi connectivity index (χ2n) is 4.91. The molecule has 1 nitrogen and oxygen atoms in total. The smallest absolute Gasteiger partial charge is 0.129 e. The van der Waals surface area contributed by atoms with Crippen LogP contribution >= 0.6 is 23.1 Å². The first-order valence-corrected chi connectivity index (χ1v) is 8.50. The maximum Gasteiger partial charge on any atom is 0.129 e. The number of fused-ring (bicyclic) bond motifs is 1. The molecule has 5 heteroatoms. The molecule has 2 aromatic rings. The van der Waals surface area contributed by atoms with Crippen molar-refractivity contribution < 1.29 is 8.78 Å². The Labute approximate surface area is 125 Å². The summed E-state index contributed by atoms with van der Waals surface area (Å²) in [6.45, 7) is 0. The summed E-state index contributed by atoms with van der Waals surface area (Å²) in [5.74, 6) is 1.13. The van der Waals surface area contributed by atoms with Crippen molar-refractivity contribution in [3.8, 4) is 0 Å². The summed E-state index contributed by atoms with van der Waals surface area (Å²) < 4.78 is 27.3. The molecule has 1 aliphatic rings. The summed E-state index contributed by atoms with van der Waals surface area (Å²) in [5.41, 5.74) is 7.57. The third-order valence-corrected chi connectivity index (χ3v) is 5.87. The van der Waals surface area contributed by atoms with Gasteiger partial charge in [-0.25, -0.2) is 8.78 Å². The van der Waals surface area contributed by atoms with E-state index in [9.17, 15) is 8.78 Å². The average molecular weight is 311 g/mol. The fourth-order valence-electron chi connectivity index (χ4n) is 2.40. The third kappa shape index (κ3) is 2.75. The van der Waals surface area contributed by atoms with Crippen LogP contribution in [0, 0.1) is 11.6 Å². The molecule has 0 fully saturated rings. The van der Waals surface area contributed by atoms with E-state index in [1.807, 2.05) is 11.8 Å². The molecular formula is C15H15F2NS2. The Kier molecular flexibility index (Phi) is 4.10. The van der Waals surface area contributed by atoms with E-state index in [0.717, 1.165) is 22.8 Å². The number of thiophene rings is 1. The lowest BCUT2D eigenvalue weighted by Gasteiger charge is -2.11. The predicted octanol–water partition coefficient (Wildman–Crippen LogP) is 4.06. The van der Waals surface area contributed by atoms with E-state index in [0.29, 0.717) is 0 Å². The molecular weight excluding hydrogens is 296 g/mol. The Bertz CT molecular complexity index is 581. The quantitative estimate of drug-likeness (QED) is 0.925. The molecule has 1 aromatic carbocycles. The van der Waals surface area contributed by atoms with Gasteiger partial charge in [-0.3, -0.25) is 0 Å². The van der Waals surface area contributed by atoms with Crippen LogP contribution in [-0.4, -0.2) is 5.75 Å². The van der Waals surface area contributed by atoms with E-state index in [4.69, 9.17) is 5.73 Å². The Balaban J connectivity index is 1.82. The highest BCUT2D eigenvalue weighted by atomic mass is 32.2. The zero-order chi connectivity index (χ0) is 14.1. The average Bonchev–Trinajstić information content (AvgIpc) is 2.87. The summed E-state index contributed by atoms with van der Waals surface area (Å²) >= 11 is 3.61. The van der Waals surface area contributed by atoms with Gasteiger partial charge in [0.2, 0.25) is 0 Å². The van der Waals surface area contributed by atoms with Crippen molar-refractivity contribution >= 4 is 23.1 Å². The van der Waals surface area contributed by atoms with E-state index >= 15 is 0 Å². The van der Waals surface area contributed by atoms with Crippen molar-refractivity contribution in [1.82, 2.24) is 0 Å². The molecule has 1 aromatic heterocycles. The van der Waals surface area contributed by atoms with Crippen LogP contribution in [0.5, 0.6) is 0 Å². The molecule has 0 saturated carbocycles. The lowest BCUT2D eigenvalue weighted by Crippen LogP contribution is -2.14. The molecule has 2 heterocycles. The topological polar surface area (TPSA) is 26.0 Å². The first-order valence-electron chi connectivity index (χ1n) is 6.53. The number of benzene rings is 1. The van der Waals surface area contributed by atoms with Gasteiger partial charge in [-0.2, -0.15) is 11.8 Å². The minimum atomic E-state index is -0.516. The summed E-state index contributed by atoms with van der Waals surface area (Å²) in [6.07, 6.45) is 1.27. The van der Waals surface area contributed by atoms with Crippen LogP contribution in [0.25, 0.3) is 0 Å². The van der Waals surface area contributed by atoms with Crippen molar-refractivity contribution in [2.24, 2.45) is 5.73 Å². The second kappa shape index (κ2) is 5.84. The summed E-state index contributed by atoms with van der Waals surface area (Å²) in [4.78, 5) is 2.41. The maximum absolute atomic E-state index is 13.7. The molecule has 1 aliphatic heterocycles. The largest absolute Gasteiger partial charge is 0.323 e. The molecule has 0 spiro atoms. The number of hydrogen-bond donors (Lipinski definition) is 1. The van der Waals surface area contributed by atoms with Gasteiger partial charge in [0.25, 0.3) is 0 Å². The van der Waals surface area contributed by atoms with Crippen molar-refractivity contribution in [1.29, 1.82) is 0 Å². The molecule has 0 aliphatic carbocycles. The fraction of sp³-hybridized carbons (Fsp3) is 0.333. The van der Waals surface area contributed by atoms with Crippen LogP contribution < -0.4 is 5.73 Å². The van der Waals surface area contributed by atoms with E-state index in [1.165, 1.54) is 28.6 Å². The molecule has 3 rings (SSSR count). The molecule has 0 bridgehead atoms. The number of hydrogen-bond acceptors (Lipinski definition) is 3. The first kappa shape index (κ1) is 14.0. The molecule has 0 amide bonds. The highest BCUT2D eigenvalue weighted by molar-refractivity contribution is 7.98. The number of halogens is 2. The number of thioether (sulfide) groups is 1. The van der Waals surface area contributed by atoms with Crippen LogP contribution in [0.15, 0.2) is 24.3 Å². The van der Waals surface area contributed by atoms with Gasteiger partial charge in [0.05, 0.1) is 0 Å². The molecule has 2 N–H and O–H groups in total. The van der Waals surface area contributed by atoms with Crippen molar-refractivity contribution in [2.75, 3.05) is 5.75 Å². The minimum Gasteiger partial charge on any atom is -0.323 e. The monoisotopic (exact) mass is 311 g/mol. The predicted molar refractivity (Wildman–Crippen MR) is 81.2 cm³/mol. The van der Waals surface area contributed by atoms with Crippen molar-refractivity contribution in [3.05, 3.63) is 56.8 Å². The maximum atomic E-state index is 13.7. The molecule has 106 valence electrons. The Morgan fingerprint density at radius 1 is 1.25 bits per heavy atom. The third-order valence-electron chi connectivity index (χ3n) is 3.50. The highest BCUT2D eigenvalue weighted by Gasteiger charge is 2.19. The zero-order valence-electron chi connectivity index (χ0n) is 10.9. The molecule has 20 heavy (non-hydrogen) atoms. The Hall–Kier alpha value is -0.910. The van der Waals surface area contributed by atoms with Gasteiger partial charge in [0.15, 0.2) is 0 Å². The molecule has 1 atom stereocenters. The molecule has 0 radical (unpaired) electrons. The molecule has 1 unspecified atom stereocenters. The van der Waals surface area contributed by atoms with Gasteiger partial charge in [0.1, 0.15) is 11.6 Å². The van der Waals surface area contributed by atoms with E-state index < -0.39 is 11.6 Å². The van der Waals surface area contributed by atoms with E-state index in [-0.39, 0.29) is 18.0 Å². The van der Waals surface area contributed by atoms with Crippen LogP contribution in [0.2, 0.25) is 0 Å². The van der Waals surface area contributed by atoms with Gasteiger partial charge in [-0.15, -0.1) is 11.3 Å². The highest BCUT2D eigenvalue weighted by Crippen LogP contribution is 2.35. The van der Waals surface area contributed by atoms with Crippen LogP contribution in [0.1, 0.15) is 26.9 Å². The van der Waals surface area contributed by atoms with E-state index in [1.54, 1.807) is 11.3 Å².